The molecule has 2 aromatic rings. The van der Waals surface area contributed by atoms with Crippen molar-refractivity contribution in [1.82, 2.24) is 4.98 Å². The summed E-state index contributed by atoms with van der Waals surface area (Å²) in [6, 6.07) is 6.02. The Balaban J connectivity index is 2.17. The average Bonchev–Trinajstić information content (AvgIpc) is 2.43. The first-order valence-electron chi connectivity index (χ1n) is 5.99. The molecule has 0 atom stereocenters. The summed E-state index contributed by atoms with van der Waals surface area (Å²) in [5, 5.41) is 14.3. The summed E-state index contributed by atoms with van der Waals surface area (Å²) in [6.45, 7) is 1.84. The molecule has 0 fully saturated rings. The highest BCUT2D eigenvalue weighted by atomic mass is 127. The summed E-state index contributed by atoms with van der Waals surface area (Å²) < 4.78 is 0.777. The molecule has 0 bridgehead atoms. The van der Waals surface area contributed by atoms with Crippen molar-refractivity contribution in [3.63, 3.8) is 0 Å². The number of carbonyl (C=O) groups excluding carboxylic acids is 1. The van der Waals surface area contributed by atoms with Crippen LogP contribution in [0, 0.1) is 10.5 Å². The minimum Gasteiger partial charge on any atom is -0.478 e. The van der Waals surface area contributed by atoms with E-state index < -0.39 is 12.0 Å². The number of carboxylic acid groups (broad SMARTS) is 1. The number of amides is 2. The van der Waals surface area contributed by atoms with Crippen LogP contribution in [0.2, 0.25) is 0 Å². The Morgan fingerprint density at radius 2 is 1.90 bits per heavy atom. The molecule has 7 heteroatoms. The number of rotatable bonds is 3. The zero-order chi connectivity index (χ0) is 15.4. The van der Waals surface area contributed by atoms with Crippen molar-refractivity contribution < 1.29 is 14.7 Å². The van der Waals surface area contributed by atoms with E-state index in [4.69, 9.17) is 5.11 Å². The van der Waals surface area contributed by atoms with Crippen LogP contribution in [0.15, 0.2) is 36.7 Å². The lowest BCUT2D eigenvalue weighted by Crippen LogP contribution is -2.21. The van der Waals surface area contributed by atoms with Crippen molar-refractivity contribution >= 4 is 46.0 Å². The second-order valence-corrected chi connectivity index (χ2v) is 5.51. The molecule has 0 saturated heterocycles. The van der Waals surface area contributed by atoms with Gasteiger partial charge in [-0.15, -0.1) is 0 Å². The number of nitrogens with zero attached hydrogens (tertiary/aromatic N) is 1. The lowest BCUT2D eigenvalue weighted by molar-refractivity contribution is 0.0698. The standard InChI is InChI=1S/C14H12IN3O3/c1-8-4-5-16-7-12(8)18-14(21)17-11-3-2-9(15)6-10(11)13(19)20/h2-7H,1H3,(H,19,20)(H2,17,18,21). The number of nitrogens with one attached hydrogen (secondary N) is 2. The molecule has 0 saturated carbocycles. The lowest BCUT2D eigenvalue weighted by atomic mass is 10.2. The molecule has 3 N–H and O–H groups in total. The third-order valence-electron chi connectivity index (χ3n) is 2.75. The number of pyridine rings is 1. The van der Waals surface area contributed by atoms with E-state index in [2.05, 4.69) is 15.6 Å². The maximum Gasteiger partial charge on any atom is 0.337 e. The van der Waals surface area contributed by atoms with Gasteiger partial charge < -0.3 is 15.7 Å². The number of carboxylic acids is 1. The highest BCUT2D eigenvalue weighted by molar-refractivity contribution is 14.1. The average molecular weight is 397 g/mol. The topological polar surface area (TPSA) is 91.3 Å². The van der Waals surface area contributed by atoms with E-state index in [1.54, 1.807) is 24.4 Å². The maximum absolute atomic E-state index is 11.9. The fourth-order valence-corrected chi connectivity index (χ4v) is 2.16. The van der Waals surface area contributed by atoms with Gasteiger partial charge in [0.05, 0.1) is 23.1 Å². The van der Waals surface area contributed by atoms with E-state index in [9.17, 15) is 9.59 Å². The summed E-state index contributed by atoms with van der Waals surface area (Å²) in [7, 11) is 0. The first-order chi connectivity index (χ1) is 9.97. The van der Waals surface area contributed by atoms with Crippen molar-refractivity contribution in [3.05, 3.63) is 51.4 Å². The summed E-state index contributed by atoms with van der Waals surface area (Å²) >= 11 is 2.01. The van der Waals surface area contributed by atoms with Gasteiger partial charge in [-0.2, -0.15) is 0 Å². The van der Waals surface area contributed by atoms with Crippen molar-refractivity contribution in [2.45, 2.75) is 6.92 Å². The van der Waals surface area contributed by atoms with E-state index in [0.717, 1.165) is 9.13 Å². The van der Waals surface area contributed by atoms with E-state index >= 15 is 0 Å². The zero-order valence-electron chi connectivity index (χ0n) is 11.1. The molecule has 0 spiro atoms. The molecule has 108 valence electrons. The van der Waals surface area contributed by atoms with Gasteiger partial charge >= 0.3 is 12.0 Å². The van der Waals surface area contributed by atoms with E-state index in [-0.39, 0.29) is 11.3 Å². The van der Waals surface area contributed by atoms with Crippen LogP contribution < -0.4 is 10.6 Å². The Hall–Kier alpha value is -2.16. The quantitative estimate of drug-likeness (QED) is 0.693. The molecule has 1 aromatic carbocycles. The molecule has 21 heavy (non-hydrogen) atoms. The molecule has 6 nitrogen and oxygen atoms in total. The number of aryl methyl sites for hydroxylation is 1. The molecule has 1 aromatic heterocycles. The second kappa shape index (κ2) is 6.53. The summed E-state index contributed by atoms with van der Waals surface area (Å²) in [5.41, 5.74) is 1.71. The molecular weight excluding hydrogens is 385 g/mol. The van der Waals surface area contributed by atoms with Crippen LogP contribution in [0.5, 0.6) is 0 Å². The van der Waals surface area contributed by atoms with Crippen molar-refractivity contribution in [3.8, 4) is 0 Å². The third-order valence-corrected chi connectivity index (χ3v) is 3.42. The minimum atomic E-state index is -1.10. The predicted octanol–water partition coefficient (Wildman–Crippen LogP) is 3.34. The molecule has 0 unspecified atom stereocenters. The summed E-state index contributed by atoms with van der Waals surface area (Å²) in [6.07, 6.45) is 3.15. The Bertz CT molecular complexity index is 704. The van der Waals surface area contributed by atoms with E-state index in [1.165, 1.54) is 12.3 Å². The SMILES string of the molecule is Cc1ccncc1NC(=O)Nc1ccc(I)cc1C(=O)O. The highest BCUT2D eigenvalue weighted by Gasteiger charge is 2.13. The number of hydrogen-bond acceptors (Lipinski definition) is 3. The Morgan fingerprint density at radius 1 is 1.19 bits per heavy atom. The van der Waals surface area contributed by atoms with Crippen LogP contribution in [0.1, 0.15) is 15.9 Å². The van der Waals surface area contributed by atoms with E-state index in [1.807, 2.05) is 29.5 Å². The monoisotopic (exact) mass is 397 g/mol. The van der Waals surface area contributed by atoms with Crippen LogP contribution in [0.25, 0.3) is 0 Å². The molecule has 1 heterocycles. The number of hydrogen-bond donors (Lipinski definition) is 3. The normalized spacial score (nSPS) is 10.0. The van der Waals surface area contributed by atoms with Gasteiger partial charge in [-0.25, -0.2) is 9.59 Å². The number of aromatic carboxylic acids is 1. The number of benzene rings is 1. The van der Waals surface area contributed by atoms with Gasteiger partial charge in [0.15, 0.2) is 0 Å². The van der Waals surface area contributed by atoms with Gasteiger partial charge in [0.2, 0.25) is 0 Å². The van der Waals surface area contributed by atoms with E-state index in [0.29, 0.717) is 5.69 Å². The summed E-state index contributed by atoms with van der Waals surface area (Å²) in [4.78, 5) is 27.1. The number of halogens is 1. The van der Waals surface area contributed by atoms with Crippen molar-refractivity contribution in [2.75, 3.05) is 10.6 Å². The lowest BCUT2D eigenvalue weighted by Gasteiger charge is -2.11. The van der Waals surface area contributed by atoms with Crippen LogP contribution in [0.3, 0.4) is 0 Å². The first-order valence-corrected chi connectivity index (χ1v) is 7.06. The number of anilines is 2. The second-order valence-electron chi connectivity index (χ2n) is 4.26. The van der Waals surface area contributed by atoms with Gasteiger partial charge in [0.1, 0.15) is 0 Å². The van der Waals surface area contributed by atoms with Crippen LogP contribution in [-0.4, -0.2) is 22.1 Å². The van der Waals surface area contributed by atoms with Crippen molar-refractivity contribution in [1.29, 1.82) is 0 Å². The Labute approximate surface area is 134 Å². The Kier molecular flexibility index (Phi) is 4.73. The van der Waals surface area contributed by atoms with Gasteiger partial charge in [0.25, 0.3) is 0 Å². The molecule has 0 radical (unpaired) electrons. The smallest absolute Gasteiger partial charge is 0.337 e. The molecular formula is C14H12IN3O3. The number of urea groups is 1. The fraction of sp³-hybridized carbons (Fsp3) is 0.0714. The maximum atomic E-state index is 11.9. The zero-order valence-corrected chi connectivity index (χ0v) is 13.2. The number of aromatic nitrogens is 1. The predicted molar refractivity (Wildman–Crippen MR) is 87.7 cm³/mol. The van der Waals surface area contributed by atoms with Gasteiger partial charge in [-0.05, 0) is 59.3 Å². The number of carbonyl (C=O) groups is 2. The largest absolute Gasteiger partial charge is 0.478 e. The molecule has 0 aliphatic rings. The fourth-order valence-electron chi connectivity index (χ4n) is 1.67. The molecule has 0 aliphatic carbocycles. The molecule has 0 aliphatic heterocycles. The van der Waals surface area contributed by atoms with Gasteiger partial charge in [0, 0.05) is 9.77 Å². The highest BCUT2D eigenvalue weighted by Crippen LogP contribution is 2.19. The van der Waals surface area contributed by atoms with Crippen molar-refractivity contribution in [2.24, 2.45) is 0 Å². The summed E-state index contributed by atoms with van der Waals surface area (Å²) in [5.74, 6) is -1.10. The molecule has 2 amide bonds. The third kappa shape index (κ3) is 3.91. The van der Waals surface area contributed by atoms with Crippen LogP contribution in [0.4, 0.5) is 16.2 Å². The molecule has 2 rings (SSSR count). The first kappa shape index (κ1) is 15.2. The van der Waals surface area contributed by atoms with Crippen LogP contribution in [-0.2, 0) is 0 Å². The minimum absolute atomic E-state index is 0.0416. The van der Waals surface area contributed by atoms with Gasteiger partial charge in [-0.3, -0.25) is 4.98 Å². The van der Waals surface area contributed by atoms with Crippen LogP contribution >= 0.6 is 22.6 Å². The Morgan fingerprint density at radius 3 is 2.57 bits per heavy atom. The van der Waals surface area contributed by atoms with Gasteiger partial charge in [-0.1, -0.05) is 0 Å².